The molecule has 2 aliphatic rings. The molecule has 7 heteroatoms. The molecule has 1 unspecified atom stereocenters. The first kappa shape index (κ1) is 27.4. The number of allylic oxidation sites excluding steroid dienone is 1. The van der Waals surface area contributed by atoms with E-state index < -0.39 is 23.4 Å². The van der Waals surface area contributed by atoms with Gasteiger partial charge in [-0.25, -0.2) is 0 Å². The Bertz CT molecular complexity index is 772. The molecule has 1 saturated heterocycles. The molecule has 1 aliphatic carbocycles. The summed E-state index contributed by atoms with van der Waals surface area (Å²) in [7, 11) is 1.62. The smallest absolute Gasteiger partial charge is 0.137 e. The fourth-order valence-corrected chi connectivity index (χ4v) is 7.59. The van der Waals surface area contributed by atoms with Crippen molar-refractivity contribution in [2.75, 3.05) is 19.1 Å². The van der Waals surface area contributed by atoms with Gasteiger partial charge in [-0.05, 0) is 63.1 Å². The quantitative estimate of drug-likeness (QED) is 0.276. The van der Waals surface area contributed by atoms with Crippen molar-refractivity contribution in [3.63, 3.8) is 0 Å². The normalized spacial score (nSPS) is 35.7. The molecule has 2 N–H and O–H groups in total. The van der Waals surface area contributed by atoms with E-state index in [2.05, 4.69) is 67.2 Å². The van der Waals surface area contributed by atoms with Crippen molar-refractivity contribution in [1.82, 2.24) is 0 Å². The first-order valence-corrected chi connectivity index (χ1v) is 13.4. The van der Waals surface area contributed by atoms with Crippen molar-refractivity contribution in [1.29, 1.82) is 0 Å². The van der Waals surface area contributed by atoms with Gasteiger partial charge in [0, 0.05) is 17.1 Å². The Morgan fingerprint density at radius 2 is 2.10 bits per heavy atom. The highest BCUT2D eigenvalue weighted by Crippen LogP contribution is 2.54. The number of aliphatic hydroxyl groups is 2. The molecule has 0 amide bonds. The van der Waals surface area contributed by atoms with Crippen LogP contribution in [0.15, 0.2) is 40.4 Å². The van der Waals surface area contributed by atoms with E-state index in [1.54, 1.807) is 7.11 Å². The van der Waals surface area contributed by atoms with Crippen LogP contribution in [0.3, 0.4) is 0 Å². The molecule has 1 heterocycles. The lowest BCUT2D eigenvalue weighted by molar-refractivity contribution is -0.169. The molecule has 1 aromatic carbocycles. The lowest BCUT2D eigenvalue weighted by Gasteiger charge is -2.47. The maximum atomic E-state index is 11.9. The largest absolute Gasteiger partial charge is 1.00 e. The van der Waals surface area contributed by atoms with E-state index in [0.717, 1.165) is 16.6 Å². The van der Waals surface area contributed by atoms with Crippen LogP contribution < -0.4 is 17.0 Å². The van der Waals surface area contributed by atoms with Crippen molar-refractivity contribution >= 4 is 26.8 Å². The molecule has 31 heavy (non-hydrogen) atoms. The first-order chi connectivity index (χ1) is 14.1. The number of rotatable bonds is 8. The Labute approximate surface area is 209 Å². The Morgan fingerprint density at radius 3 is 2.71 bits per heavy atom. The second kappa shape index (κ2) is 11.0. The number of hydrogen-bond donors (Lipinski definition) is 2. The van der Waals surface area contributed by atoms with E-state index in [1.807, 2.05) is 6.07 Å². The van der Waals surface area contributed by atoms with E-state index in [-0.39, 0.29) is 39.9 Å². The minimum Gasteiger partial charge on any atom is -1.00 e. The lowest BCUT2D eigenvalue weighted by atomic mass is 9.66. The average Bonchev–Trinajstić information content (AvgIpc) is 3.32. The number of ether oxygens (including phenoxy) is 2. The van der Waals surface area contributed by atoms with Crippen molar-refractivity contribution < 1.29 is 36.7 Å². The Morgan fingerprint density at radius 1 is 1.39 bits per heavy atom. The predicted octanol–water partition coefficient (Wildman–Crippen LogP) is 1.23. The van der Waals surface area contributed by atoms with Gasteiger partial charge < -0.3 is 36.7 Å². The van der Waals surface area contributed by atoms with Gasteiger partial charge in [0.15, 0.2) is 0 Å². The Balaban J connectivity index is 0.00000341. The molecule has 0 bridgehead atoms. The summed E-state index contributed by atoms with van der Waals surface area (Å²) in [5, 5.41) is 22.6. The summed E-state index contributed by atoms with van der Waals surface area (Å²) >= 11 is 3.55. The van der Waals surface area contributed by atoms with Gasteiger partial charge in [0.2, 0.25) is 0 Å². The van der Waals surface area contributed by atoms with Gasteiger partial charge in [-0.2, -0.15) is 0 Å². The van der Waals surface area contributed by atoms with Crippen molar-refractivity contribution in [3.8, 4) is 0 Å². The van der Waals surface area contributed by atoms with E-state index in [1.165, 1.54) is 11.1 Å². The Hall–Kier alpha value is 0.110. The highest BCUT2D eigenvalue weighted by Gasteiger charge is 2.68. The van der Waals surface area contributed by atoms with Gasteiger partial charge in [-0.3, -0.25) is 0 Å². The van der Waals surface area contributed by atoms with Gasteiger partial charge >= 0.3 is 0 Å². The zero-order valence-corrected chi connectivity index (χ0v) is 23.1. The molecular formula is C24H36Br2O4S. The third kappa shape index (κ3) is 6.37. The third-order valence-electron chi connectivity index (χ3n) is 6.57. The highest BCUT2D eigenvalue weighted by atomic mass is 79.9. The van der Waals surface area contributed by atoms with Gasteiger partial charge in [-0.1, -0.05) is 39.7 Å². The zero-order valence-electron chi connectivity index (χ0n) is 19.1. The minimum atomic E-state index is -0.918. The number of benzene rings is 1. The van der Waals surface area contributed by atoms with Gasteiger partial charge in [0.05, 0.1) is 30.5 Å². The molecule has 7 atom stereocenters. The summed E-state index contributed by atoms with van der Waals surface area (Å²) in [5.41, 5.74) is 1.13. The molecule has 1 saturated carbocycles. The van der Waals surface area contributed by atoms with Crippen LogP contribution in [0.1, 0.15) is 45.6 Å². The summed E-state index contributed by atoms with van der Waals surface area (Å²) in [5.74, 6) is 1.35. The average molecular weight is 580 g/mol. The molecule has 0 spiro atoms. The van der Waals surface area contributed by atoms with E-state index in [9.17, 15) is 10.2 Å². The van der Waals surface area contributed by atoms with Crippen LogP contribution >= 0.6 is 15.9 Å². The second-order valence-corrected chi connectivity index (χ2v) is 12.5. The fraction of sp³-hybridized carbons (Fsp3) is 0.667. The monoisotopic (exact) mass is 578 g/mol. The lowest BCUT2D eigenvalue weighted by Crippen LogP contribution is -3.00. The zero-order chi connectivity index (χ0) is 22.1. The SMILES string of the molecule is CO[C@@H]1[C@H](O)CC[C@](O)(C[S+](C)Cc2cccc(Br)c2)[C@H]1[C@@]1(C)O[C@@H]1CC=C(C)C.[Br-]. The van der Waals surface area contributed by atoms with Crippen LogP contribution in [0.25, 0.3) is 0 Å². The van der Waals surface area contributed by atoms with E-state index >= 15 is 0 Å². The molecule has 176 valence electrons. The maximum absolute atomic E-state index is 11.9. The van der Waals surface area contributed by atoms with E-state index in [4.69, 9.17) is 9.47 Å². The summed E-state index contributed by atoms with van der Waals surface area (Å²) in [6, 6.07) is 8.37. The number of halogens is 2. The van der Waals surface area contributed by atoms with Crippen LogP contribution in [-0.4, -0.2) is 58.8 Å². The van der Waals surface area contributed by atoms with Crippen LogP contribution in [0, 0.1) is 5.92 Å². The molecule has 4 nitrogen and oxygen atoms in total. The summed E-state index contributed by atoms with van der Waals surface area (Å²) < 4.78 is 13.0. The predicted molar refractivity (Wildman–Crippen MR) is 128 cm³/mol. The van der Waals surface area contributed by atoms with Crippen molar-refractivity contribution in [2.24, 2.45) is 5.92 Å². The molecular weight excluding hydrogens is 544 g/mol. The maximum Gasteiger partial charge on any atom is 0.137 e. The van der Waals surface area contributed by atoms with Crippen LogP contribution in [-0.2, 0) is 26.1 Å². The number of methoxy groups -OCH3 is 1. The number of epoxide rings is 1. The van der Waals surface area contributed by atoms with Crippen LogP contribution in [0.5, 0.6) is 0 Å². The highest BCUT2D eigenvalue weighted by molar-refractivity contribution is 9.10. The molecule has 0 aromatic heterocycles. The summed E-state index contributed by atoms with van der Waals surface area (Å²) in [6.45, 7) is 6.25. The molecule has 2 fully saturated rings. The van der Waals surface area contributed by atoms with Crippen LogP contribution in [0.2, 0.25) is 0 Å². The van der Waals surface area contributed by atoms with Crippen LogP contribution in [0.4, 0.5) is 0 Å². The van der Waals surface area contributed by atoms with Crippen molar-refractivity contribution in [3.05, 3.63) is 46.0 Å². The Kier molecular flexibility index (Phi) is 9.73. The van der Waals surface area contributed by atoms with Gasteiger partial charge in [0.1, 0.15) is 22.7 Å². The van der Waals surface area contributed by atoms with E-state index in [0.29, 0.717) is 18.6 Å². The number of aliphatic hydroxyl groups excluding tert-OH is 1. The molecule has 1 aliphatic heterocycles. The van der Waals surface area contributed by atoms with Gasteiger partial charge in [-0.15, -0.1) is 0 Å². The summed E-state index contributed by atoms with van der Waals surface area (Å²) in [6.07, 6.45) is 5.41. The molecule has 0 radical (unpaired) electrons. The second-order valence-electron chi connectivity index (χ2n) is 9.40. The minimum absolute atomic E-state index is 0. The molecule has 1 aromatic rings. The third-order valence-corrected chi connectivity index (χ3v) is 8.88. The fourth-order valence-electron chi connectivity index (χ4n) is 5.12. The number of hydrogen-bond acceptors (Lipinski definition) is 4. The van der Waals surface area contributed by atoms with Gasteiger partial charge in [0.25, 0.3) is 0 Å². The molecule has 3 rings (SSSR count). The topological polar surface area (TPSA) is 62.2 Å². The van der Waals surface area contributed by atoms with Crippen molar-refractivity contribution in [2.45, 2.75) is 75.3 Å². The summed E-state index contributed by atoms with van der Waals surface area (Å²) in [4.78, 5) is 0. The first-order valence-electron chi connectivity index (χ1n) is 10.7. The standard InChI is InChI=1S/C24H36BrO4S.BrH/c1-16(2)9-10-20-23(3,29-20)22-21(28-4)19(26)11-12-24(22,27)15-30(5)14-17-7-6-8-18(25)13-17;/h6-9,13,19-22,26-27H,10-12,14-15H2,1-5H3;1H/q+1;/p-1/t19-,20-,21-,22-,23+,24+,30?;/m1./s1.